The van der Waals surface area contributed by atoms with Crippen LogP contribution in [-0.4, -0.2) is 24.6 Å². The third-order valence-electron chi connectivity index (χ3n) is 2.88. The van der Waals surface area contributed by atoms with Crippen molar-refractivity contribution in [2.75, 3.05) is 17.3 Å². The molecule has 0 aliphatic carbocycles. The van der Waals surface area contributed by atoms with Crippen molar-refractivity contribution < 1.29 is 14.4 Å². The van der Waals surface area contributed by atoms with Crippen LogP contribution in [0.2, 0.25) is 0 Å². The first-order chi connectivity index (χ1) is 8.47. The molecular weight excluding hydrogens is 232 g/mol. The van der Waals surface area contributed by atoms with E-state index >= 15 is 0 Å². The van der Waals surface area contributed by atoms with Crippen molar-refractivity contribution in [2.45, 2.75) is 19.8 Å². The molecule has 0 saturated heterocycles. The van der Waals surface area contributed by atoms with Crippen LogP contribution < -0.4 is 10.2 Å². The molecular formula is C13H14N2O3. The van der Waals surface area contributed by atoms with Crippen LogP contribution in [0.1, 0.15) is 18.9 Å². The number of hydrogen-bond acceptors (Lipinski definition) is 3. The Bertz CT molecular complexity index is 537. The van der Waals surface area contributed by atoms with Gasteiger partial charge in [0.2, 0.25) is 11.8 Å². The van der Waals surface area contributed by atoms with Gasteiger partial charge in [-0.3, -0.25) is 14.4 Å². The number of rotatable bonds is 3. The standard InChI is InChI=1S/C13H14N2O3/c1-8(16)5-13(18)15(2)10-3-4-11-9(6-10)7-12(17)14-11/h3-4,6H,5,7H2,1-2H3,(H,14,17). The van der Waals surface area contributed by atoms with Gasteiger partial charge in [-0.05, 0) is 30.7 Å². The molecule has 2 rings (SSSR count). The van der Waals surface area contributed by atoms with E-state index in [0.29, 0.717) is 12.1 Å². The zero-order chi connectivity index (χ0) is 13.3. The molecule has 0 aromatic heterocycles. The first-order valence-corrected chi connectivity index (χ1v) is 5.66. The van der Waals surface area contributed by atoms with Gasteiger partial charge >= 0.3 is 0 Å². The topological polar surface area (TPSA) is 66.5 Å². The van der Waals surface area contributed by atoms with E-state index in [9.17, 15) is 14.4 Å². The van der Waals surface area contributed by atoms with Crippen LogP contribution in [0.15, 0.2) is 18.2 Å². The highest BCUT2D eigenvalue weighted by Gasteiger charge is 2.20. The SMILES string of the molecule is CC(=O)CC(=O)N(C)c1ccc2c(c1)CC(=O)N2. The van der Waals surface area contributed by atoms with E-state index in [1.54, 1.807) is 25.2 Å². The molecule has 1 aliphatic heterocycles. The normalized spacial score (nSPS) is 12.9. The second-order valence-corrected chi connectivity index (χ2v) is 4.40. The Hall–Kier alpha value is -2.17. The summed E-state index contributed by atoms with van der Waals surface area (Å²) in [4.78, 5) is 35.3. The van der Waals surface area contributed by atoms with E-state index in [4.69, 9.17) is 0 Å². The lowest BCUT2D eigenvalue weighted by molar-refractivity contribution is -0.125. The molecule has 0 bridgehead atoms. The summed E-state index contributed by atoms with van der Waals surface area (Å²) in [5, 5.41) is 2.73. The van der Waals surface area contributed by atoms with Gasteiger partial charge in [-0.2, -0.15) is 0 Å². The quantitative estimate of drug-likeness (QED) is 0.813. The molecule has 5 heteroatoms. The zero-order valence-electron chi connectivity index (χ0n) is 10.3. The molecule has 1 aromatic rings. The number of carbonyl (C=O) groups excluding carboxylic acids is 3. The first-order valence-electron chi connectivity index (χ1n) is 5.66. The minimum atomic E-state index is -0.250. The van der Waals surface area contributed by atoms with Crippen molar-refractivity contribution in [3.05, 3.63) is 23.8 Å². The number of amides is 2. The molecule has 1 aromatic carbocycles. The summed E-state index contributed by atoms with van der Waals surface area (Å²) in [7, 11) is 1.62. The summed E-state index contributed by atoms with van der Waals surface area (Å²) in [6.07, 6.45) is 0.225. The van der Waals surface area contributed by atoms with Crippen molar-refractivity contribution in [1.82, 2.24) is 0 Å². The average molecular weight is 246 g/mol. The van der Waals surface area contributed by atoms with E-state index < -0.39 is 0 Å². The molecule has 0 atom stereocenters. The molecule has 5 nitrogen and oxygen atoms in total. The lowest BCUT2D eigenvalue weighted by Gasteiger charge is -2.17. The fraction of sp³-hybridized carbons (Fsp3) is 0.308. The molecule has 2 amide bonds. The molecule has 0 spiro atoms. The third-order valence-corrected chi connectivity index (χ3v) is 2.88. The highest BCUT2D eigenvalue weighted by atomic mass is 16.2. The number of ketones is 1. The third kappa shape index (κ3) is 2.40. The zero-order valence-corrected chi connectivity index (χ0v) is 10.3. The average Bonchev–Trinajstić information content (AvgIpc) is 2.65. The molecule has 1 heterocycles. The Morgan fingerprint density at radius 2 is 2.11 bits per heavy atom. The van der Waals surface area contributed by atoms with Crippen LogP contribution in [0.4, 0.5) is 11.4 Å². The van der Waals surface area contributed by atoms with Gasteiger partial charge in [0.25, 0.3) is 0 Å². The van der Waals surface area contributed by atoms with Crippen molar-refractivity contribution in [1.29, 1.82) is 0 Å². The lowest BCUT2D eigenvalue weighted by atomic mass is 10.1. The number of anilines is 2. The van der Waals surface area contributed by atoms with Crippen LogP contribution in [0.25, 0.3) is 0 Å². The van der Waals surface area contributed by atoms with Gasteiger partial charge in [0.1, 0.15) is 5.78 Å². The lowest BCUT2D eigenvalue weighted by Crippen LogP contribution is -2.27. The first kappa shape index (κ1) is 12.3. The summed E-state index contributed by atoms with van der Waals surface area (Å²) < 4.78 is 0. The Morgan fingerprint density at radius 3 is 2.78 bits per heavy atom. The van der Waals surface area contributed by atoms with Crippen molar-refractivity contribution in [3.8, 4) is 0 Å². The van der Waals surface area contributed by atoms with Crippen molar-refractivity contribution in [2.24, 2.45) is 0 Å². The van der Waals surface area contributed by atoms with Crippen LogP contribution in [-0.2, 0) is 20.8 Å². The second kappa shape index (κ2) is 4.60. The maximum atomic E-state index is 11.7. The number of benzene rings is 1. The maximum Gasteiger partial charge on any atom is 0.234 e. The van der Waals surface area contributed by atoms with Crippen LogP contribution in [0.3, 0.4) is 0 Å². The molecule has 1 aliphatic rings. The number of nitrogens with one attached hydrogen (secondary N) is 1. The van der Waals surface area contributed by atoms with Crippen molar-refractivity contribution in [3.63, 3.8) is 0 Å². The van der Waals surface area contributed by atoms with E-state index in [2.05, 4.69) is 5.32 Å². The molecule has 0 radical (unpaired) electrons. The van der Waals surface area contributed by atoms with Crippen molar-refractivity contribution >= 4 is 29.0 Å². The summed E-state index contributed by atoms with van der Waals surface area (Å²) in [6.45, 7) is 1.39. The minimum Gasteiger partial charge on any atom is -0.326 e. The van der Waals surface area contributed by atoms with Gasteiger partial charge in [0.15, 0.2) is 0 Å². The van der Waals surface area contributed by atoms with Gasteiger partial charge in [0.05, 0.1) is 12.8 Å². The minimum absolute atomic E-state index is 0.0418. The summed E-state index contributed by atoms with van der Waals surface area (Å²) >= 11 is 0. The Balaban J connectivity index is 2.20. The molecule has 18 heavy (non-hydrogen) atoms. The van der Waals surface area contributed by atoms with Crippen LogP contribution in [0.5, 0.6) is 0 Å². The molecule has 0 fully saturated rings. The highest BCUT2D eigenvalue weighted by molar-refractivity contribution is 6.05. The van der Waals surface area contributed by atoms with Crippen LogP contribution in [0, 0.1) is 0 Å². The number of nitrogens with zero attached hydrogens (tertiary/aromatic N) is 1. The van der Waals surface area contributed by atoms with E-state index in [1.165, 1.54) is 11.8 Å². The Morgan fingerprint density at radius 1 is 1.39 bits per heavy atom. The van der Waals surface area contributed by atoms with Gasteiger partial charge in [-0.1, -0.05) is 0 Å². The van der Waals surface area contributed by atoms with E-state index in [1.807, 2.05) is 0 Å². The van der Waals surface area contributed by atoms with Gasteiger partial charge in [-0.15, -0.1) is 0 Å². The van der Waals surface area contributed by atoms with E-state index in [0.717, 1.165) is 11.3 Å². The maximum absolute atomic E-state index is 11.7. The van der Waals surface area contributed by atoms with Gasteiger partial charge in [-0.25, -0.2) is 0 Å². The summed E-state index contributed by atoms with van der Waals surface area (Å²) in [6, 6.07) is 5.32. The fourth-order valence-corrected chi connectivity index (χ4v) is 1.90. The smallest absolute Gasteiger partial charge is 0.234 e. The Labute approximate surface area is 105 Å². The predicted octanol–water partition coefficient (Wildman–Crippen LogP) is 1.12. The Kier molecular flexibility index (Phi) is 3.14. The van der Waals surface area contributed by atoms with Gasteiger partial charge < -0.3 is 10.2 Å². The van der Waals surface area contributed by atoms with E-state index in [-0.39, 0.29) is 24.0 Å². The number of fused-ring (bicyclic) bond motifs is 1. The molecule has 0 unspecified atom stereocenters. The molecule has 0 saturated carbocycles. The summed E-state index contributed by atoms with van der Waals surface area (Å²) in [5.74, 6) is -0.454. The number of Topliss-reactive ketones (excluding diaryl/α,β-unsaturated/α-hetero) is 1. The largest absolute Gasteiger partial charge is 0.326 e. The fourth-order valence-electron chi connectivity index (χ4n) is 1.90. The van der Waals surface area contributed by atoms with Crippen LogP contribution >= 0.6 is 0 Å². The summed E-state index contributed by atoms with van der Waals surface area (Å²) in [5.41, 5.74) is 2.35. The monoisotopic (exact) mass is 246 g/mol. The number of hydrogen-bond donors (Lipinski definition) is 1. The highest BCUT2D eigenvalue weighted by Crippen LogP contribution is 2.27. The van der Waals surface area contributed by atoms with Gasteiger partial charge in [0, 0.05) is 18.4 Å². The predicted molar refractivity (Wildman–Crippen MR) is 67.5 cm³/mol. The molecule has 94 valence electrons. The number of carbonyl (C=O) groups is 3. The molecule has 1 N–H and O–H groups in total. The second-order valence-electron chi connectivity index (χ2n) is 4.40.